The van der Waals surface area contributed by atoms with E-state index in [4.69, 9.17) is 0 Å². The third-order valence-electron chi connectivity index (χ3n) is 2.31. The molecule has 94 valence electrons. The van der Waals surface area contributed by atoms with Crippen molar-refractivity contribution in [3.8, 4) is 5.69 Å². The van der Waals surface area contributed by atoms with Crippen LogP contribution in [0.15, 0.2) is 30.6 Å². The minimum Gasteiger partial charge on any atom is -0.385 e. The summed E-state index contributed by atoms with van der Waals surface area (Å²) in [6.45, 7) is 2.65. The van der Waals surface area contributed by atoms with Crippen LogP contribution in [0.5, 0.6) is 0 Å². The first-order valence-corrected chi connectivity index (χ1v) is 6.42. The number of nitrogens with one attached hydrogen (secondary N) is 1. The van der Waals surface area contributed by atoms with E-state index in [0.717, 1.165) is 3.57 Å². The molecule has 0 bridgehead atoms. The average Bonchev–Trinajstić information content (AvgIpc) is 2.76. The number of nitro benzene ring substituents is 1. The van der Waals surface area contributed by atoms with Gasteiger partial charge in [0.25, 0.3) is 5.69 Å². The molecule has 2 aromatic rings. The summed E-state index contributed by atoms with van der Waals surface area (Å²) in [4.78, 5) is 10.5. The maximum absolute atomic E-state index is 10.9. The molecule has 0 amide bonds. The van der Waals surface area contributed by atoms with Gasteiger partial charge in [0.1, 0.15) is 0 Å². The van der Waals surface area contributed by atoms with Crippen molar-refractivity contribution in [3.63, 3.8) is 0 Å². The Labute approximate surface area is 117 Å². The van der Waals surface area contributed by atoms with Crippen molar-refractivity contribution in [1.29, 1.82) is 0 Å². The molecule has 0 aliphatic rings. The Hall–Kier alpha value is -1.64. The lowest BCUT2D eigenvalue weighted by molar-refractivity contribution is -0.384. The first-order valence-electron chi connectivity index (χ1n) is 5.34. The Kier molecular flexibility index (Phi) is 3.80. The molecule has 18 heavy (non-hydrogen) atoms. The van der Waals surface area contributed by atoms with Crippen LogP contribution in [0.4, 0.5) is 11.4 Å². The first-order chi connectivity index (χ1) is 8.60. The molecule has 0 saturated carbocycles. The van der Waals surface area contributed by atoms with Crippen molar-refractivity contribution in [2.45, 2.75) is 6.92 Å². The van der Waals surface area contributed by atoms with Gasteiger partial charge in [0.2, 0.25) is 0 Å². The Bertz CT molecular complexity index is 582. The second-order valence-electron chi connectivity index (χ2n) is 3.63. The van der Waals surface area contributed by atoms with E-state index >= 15 is 0 Å². The van der Waals surface area contributed by atoms with Gasteiger partial charge in [0.15, 0.2) is 0 Å². The highest BCUT2D eigenvalue weighted by Crippen LogP contribution is 2.23. The number of hydrogen-bond acceptors (Lipinski definition) is 4. The molecule has 2 rings (SSSR count). The molecule has 0 radical (unpaired) electrons. The molecule has 7 heteroatoms. The molecule has 0 aliphatic heterocycles. The van der Waals surface area contributed by atoms with Gasteiger partial charge in [-0.05, 0) is 35.6 Å². The zero-order chi connectivity index (χ0) is 13.1. The SMILES string of the molecule is CCNc1cc(-n2cc(I)cn2)cc([N+](=O)[O-])c1. The average molecular weight is 358 g/mol. The van der Waals surface area contributed by atoms with Crippen LogP contribution in [0.3, 0.4) is 0 Å². The number of anilines is 1. The third-order valence-corrected chi connectivity index (χ3v) is 2.87. The van der Waals surface area contributed by atoms with Crippen molar-refractivity contribution in [3.05, 3.63) is 44.3 Å². The summed E-state index contributed by atoms with van der Waals surface area (Å²) in [5.74, 6) is 0. The van der Waals surface area contributed by atoms with Gasteiger partial charge < -0.3 is 5.32 Å². The molecule has 1 aromatic heterocycles. The van der Waals surface area contributed by atoms with Crippen LogP contribution < -0.4 is 5.32 Å². The van der Waals surface area contributed by atoms with Gasteiger partial charge in [-0.3, -0.25) is 10.1 Å². The summed E-state index contributed by atoms with van der Waals surface area (Å²) in [5.41, 5.74) is 1.43. The van der Waals surface area contributed by atoms with E-state index < -0.39 is 4.92 Å². The lowest BCUT2D eigenvalue weighted by Crippen LogP contribution is -2.01. The number of non-ortho nitro benzene ring substituents is 1. The van der Waals surface area contributed by atoms with Crippen LogP contribution in [-0.2, 0) is 0 Å². The van der Waals surface area contributed by atoms with Crippen LogP contribution in [-0.4, -0.2) is 21.2 Å². The number of benzene rings is 1. The Morgan fingerprint density at radius 2 is 2.28 bits per heavy atom. The highest BCUT2D eigenvalue weighted by atomic mass is 127. The zero-order valence-electron chi connectivity index (χ0n) is 9.63. The Balaban J connectivity index is 2.49. The quantitative estimate of drug-likeness (QED) is 0.518. The molecule has 0 unspecified atom stereocenters. The molecule has 0 spiro atoms. The Morgan fingerprint density at radius 1 is 1.50 bits per heavy atom. The van der Waals surface area contributed by atoms with Gasteiger partial charge in [-0.15, -0.1) is 0 Å². The van der Waals surface area contributed by atoms with Crippen molar-refractivity contribution in [2.24, 2.45) is 0 Å². The van der Waals surface area contributed by atoms with E-state index in [9.17, 15) is 10.1 Å². The third kappa shape index (κ3) is 2.78. The van der Waals surface area contributed by atoms with Crippen LogP contribution in [0.25, 0.3) is 5.69 Å². The van der Waals surface area contributed by atoms with E-state index in [0.29, 0.717) is 17.9 Å². The summed E-state index contributed by atoms with van der Waals surface area (Å²) < 4.78 is 2.60. The van der Waals surface area contributed by atoms with Crippen LogP contribution in [0.2, 0.25) is 0 Å². The molecule has 1 aromatic carbocycles. The fourth-order valence-electron chi connectivity index (χ4n) is 1.58. The highest BCUT2D eigenvalue weighted by Gasteiger charge is 2.11. The minimum atomic E-state index is -0.404. The van der Waals surface area contributed by atoms with E-state index in [-0.39, 0.29) is 5.69 Å². The summed E-state index contributed by atoms with van der Waals surface area (Å²) >= 11 is 2.14. The van der Waals surface area contributed by atoms with E-state index in [1.54, 1.807) is 10.9 Å². The van der Waals surface area contributed by atoms with Gasteiger partial charge in [-0.2, -0.15) is 5.10 Å². The minimum absolute atomic E-state index is 0.0500. The second kappa shape index (κ2) is 5.34. The molecule has 0 fully saturated rings. The molecule has 0 aliphatic carbocycles. The largest absolute Gasteiger partial charge is 0.385 e. The Morgan fingerprint density at radius 3 is 2.83 bits per heavy atom. The fourth-order valence-corrected chi connectivity index (χ4v) is 1.97. The number of rotatable bonds is 4. The summed E-state index contributed by atoms with van der Waals surface area (Å²) in [6, 6.07) is 4.85. The standard InChI is InChI=1S/C11H11IN4O2/c1-2-13-9-3-10(5-11(4-9)16(17)18)15-7-8(12)6-14-15/h3-7,13H,2H2,1H3. The fraction of sp³-hybridized carbons (Fsp3) is 0.182. The molecule has 1 heterocycles. The molecule has 1 N–H and O–H groups in total. The summed E-state index contributed by atoms with van der Waals surface area (Å²) in [7, 11) is 0. The monoisotopic (exact) mass is 358 g/mol. The first kappa shape index (κ1) is 12.8. The predicted molar refractivity (Wildman–Crippen MR) is 77.1 cm³/mol. The molecule has 0 atom stereocenters. The van der Waals surface area contributed by atoms with Crippen molar-refractivity contribution in [2.75, 3.05) is 11.9 Å². The lowest BCUT2D eigenvalue weighted by atomic mass is 10.2. The van der Waals surface area contributed by atoms with Crippen molar-refractivity contribution in [1.82, 2.24) is 9.78 Å². The van der Waals surface area contributed by atoms with Gasteiger partial charge >= 0.3 is 0 Å². The smallest absolute Gasteiger partial charge is 0.273 e. The lowest BCUT2D eigenvalue weighted by Gasteiger charge is -2.07. The summed E-state index contributed by atoms with van der Waals surface area (Å²) in [6.07, 6.45) is 3.52. The van der Waals surface area contributed by atoms with E-state index in [1.165, 1.54) is 12.1 Å². The normalized spacial score (nSPS) is 10.3. The molecular weight excluding hydrogens is 347 g/mol. The molecular formula is C11H11IN4O2. The van der Waals surface area contributed by atoms with Crippen molar-refractivity contribution >= 4 is 34.0 Å². The van der Waals surface area contributed by atoms with Gasteiger partial charge in [0.05, 0.1) is 20.4 Å². The predicted octanol–water partition coefficient (Wildman–Crippen LogP) is 2.82. The number of hydrogen-bond donors (Lipinski definition) is 1. The van der Waals surface area contributed by atoms with Crippen LogP contribution in [0, 0.1) is 13.7 Å². The maximum atomic E-state index is 10.9. The molecule has 6 nitrogen and oxygen atoms in total. The number of aromatic nitrogens is 2. The number of nitrogens with zero attached hydrogens (tertiary/aromatic N) is 3. The topological polar surface area (TPSA) is 73.0 Å². The zero-order valence-corrected chi connectivity index (χ0v) is 11.8. The number of nitro groups is 1. The summed E-state index contributed by atoms with van der Waals surface area (Å²) in [5, 5.41) is 18.1. The van der Waals surface area contributed by atoms with Gasteiger partial charge in [-0.1, -0.05) is 0 Å². The van der Waals surface area contributed by atoms with Gasteiger partial charge in [-0.25, -0.2) is 4.68 Å². The van der Waals surface area contributed by atoms with Gasteiger partial charge in [0, 0.05) is 30.6 Å². The van der Waals surface area contributed by atoms with E-state index in [1.807, 2.05) is 19.2 Å². The van der Waals surface area contributed by atoms with E-state index in [2.05, 4.69) is 33.0 Å². The van der Waals surface area contributed by atoms with Crippen LogP contribution >= 0.6 is 22.6 Å². The molecule has 0 saturated heterocycles. The number of halogens is 1. The second-order valence-corrected chi connectivity index (χ2v) is 4.87. The highest BCUT2D eigenvalue weighted by molar-refractivity contribution is 14.1. The maximum Gasteiger partial charge on any atom is 0.273 e. The van der Waals surface area contributed by atoms with Crippen molar-refractivity contribution < 1.29 is 4.92 Å². The van der Waals surface area contributed by atoms with Crippen LogP contribution in [0.1, 0.15) is 6.92 Å².